The molecule has 0 bridgehead atoms. The lowest BCUT2D eigenvalue weighted by molar-refractivity contribution is 0.521. The molecule has 0 saturated heterocycles. The van der Waals surface area contributed by atoms with Crippen molar-refractivity contribution in [3.05, 3.63) is 29.8 Å². The van der Waals surface area contributed by atoms with E-state index in [1.165, 1.54) is 5.56 Å². The summed E-state index contributed by atoms with van der Waals surface area (Å²) < 4.78 is 12.2. The van der Waals surface area contributed by atoms with Crippen LogP contribution >= 0.6 is 0 Å². The van der Waals surface area contributed by atoms with Gasteiger partial charge in [0.15, 0.2) is 0 Å². The lowest BCUT2D eigenvalue weighted by Crippen LogP contribution is -2.29. The molecule has 3 unspecified atom stereocenters. The minimum atomic E-state index is -0.830. The molecule has 0 fully saturated rings. The Kier molecular flexibility index (Phi) is 3.22. The molecule has 15 heavy (non-hydrogen) atoms. The highest BCUT2D eigenvalue weighted by Crippen LogP contribution is 2.37. The smallest absolute Gasteiger partial charge is 0.0587 e. The largest absolute Gasteiger partial charge is 0.309 e. The second kappa shape index (κ2) is 4.45. The highest BCUT2D eigenvalue weighted by atomic mass is 32.2. The van der Waals surface area contributed by atoms with Crippen LogP contribution in [-0.4, -0.2) is 16.0 Å². The van der Waals surface area contributed by atoms with Crippen molar-refractivity contribution in [2.45, 2.75) is 36.5 Å². The SMILES string of the molecule is CCNC1c2ccccc2S(=O)C1CC. The first-order valence-electron chi connectivity index (χ1n) is 5.52. The van der Waals surface area contributed by atoms with E-state index in [1.54, 1.807) is 0 Å². The zero-order valence-electron chi connectivity index (χ0n) is 9.19. The number of hydrogen-bond donors (Lipinski definition) is 1. The summed E-state index contributed by atoms with van der Waals surface area (Å²) in [5.74, 6) is 0. The normalized spacial score (nSPS) is 29.1. The van der Waals surface area contributed by atoms with Gasteiger partial charge in [-0.05, 0) is 24.6 Å². The molecule has 0 aromatic heterocycles. The molecule has 0 saturated carbocycles. The quantitative estimate of drug-likeness (QED) is 0.851. The van der Waals surface area contributed by atoms with Gasteiger partial charge in [-0.2, -0.15) is 0 Å². The molecule has 1 aliphatic heterocycles. The van der Waals surface area contributed by atoms with Gasteiger partial charge in [-0.25, -0.2) is 0 Å². The van der Waals surface area contributed by atoms with Crippen LogP contribution in [0.2, 0.25) is 0 Å². The van der Waals surface area contributed by atoms with Gasteiger partial charge in [0.25, 0.3) is 0 Å². The van der Waals surface area contributed by atoms with Crippen molar-refractivity contribution in [2.75, 3.05) is 6.54 Å². The number of rotatable bonds is 3. The van der Waals surface area contributed by atoms with E-state index in [1.807, 2.05) is 18.2 Å². The predicted molar refractivity (Wildman–Crippen MR) is 63.3 cm³/mol. The van der Waals surface area contributed by atoms with Gasteiger partial charge in [0.1, 0.15) is 0 Å². The topological polar surface area (TPSA) is 29.1 Å². The van der Waals surface area contributed by atoms with Crippen molar-refractivity contribution in [3.63, 3.8) is 0 Å². The molecule has 3 atom stereocenters. The second-order valence-electron chi connectivity index (χ2n) is 3.82. The highest BCUT2D eigenvalue weighted by Gasteiger charge is 2.36. The standard InChI is InChI=1S/C12H17NOS/c1-3-10-12(13-4-2)9-7-5-6-8-11(9)15(10)14/h5-8,10,12-13H,3-4H2,1-2H3. The molecular formula is C12H17NOS. The summed E-state index contributed by atoms with van der Waals surface area (Å²) in [7, 11) is -0.830. The van der Waals surface area contributed by atoms with Gasteiger partial charge < -0.3 is 5.32 Å². The maximum atomic E-state index is 12.2. The van der Waals surface area contributed by atoms with Crippen molar-refractivity contribution in [3.8, 4) is 0 Å². The van der Waals surface area contributed by atoms with E-state index in [4.69, 9.17) is 0 Å². The first-order valence-corrected chi connectivity index (χ1v) is 6.73. The van der Waals surface area contributed by atoms with E-state index in [9.17, 15) is 4.21 Å². The average molecular weight is 223 g/mol. The monoisotopic (exact) mass is 223 g/mol. The van der Waals surface area contributed by atoms with Gasteiger partial charge in [0, 0.05) is 10.9 Å². The fourth-order valence-electron chi connectivity index (χ4n) is 2.26. The molecule has 2 rings (SSSR count). The molecule has 1 heterocycles. The molecule has 1 aromatic rings. The van der Waals surface area contributed by atoms with Crippen LogP contribution in [0.1, 0.15) is 31.9 Å². The Bertz CT molecular complexity index is 378. The summed E-state index contributed by atoms with van der Waals surface area (Å²) in [4.78, 5) is 1.02. The molecule has 1 N–H and O–H groups in total. The molecule has 3 heteroatoms. The molecule has 2 nitrogen and oxygen atoms in total. The molecule has 0 spiro atoms. The third-order valence-electron chi connectivity index (χ3n) is 2.94. The number of nitrogens with one attached hydrogen (secondary N) is 1. The van der Waals surface area contributed by atoms with E-state index < -0.39 is 10.8 Å². The maximum Gasteiger partial charge on any atom is 0.0587 e. The van der Waals surface area contributed by atoms with Crippen molar-refractivity contribution >= 4 is 10.8 Å². The van der Waals surface area contributed by atoms with Gasteiger partial charge in [-0.15, -0.1) is 0 Å². The number of fused-ring (bicyclic) bond motifs is 1. The average Bonchev–Trinajstić information content (AvgIpc) is 2.54. The van der Waals surface area contributed by atoms with E-state index >= 15 is 0 Å². The molecule has 1 aromatic carbocycles. The number of hydrogen-bond acceptors (Lipinski definition) is 2. The van der Waals surface area contributed by atoms with Gasteiger partial charge in [-0.3, -0.25) is 4.21 Å². The minimum Gasteiger partial charge on any atom is -0.309 e. The van der Waals surface area contributed by atoms with Crippen LogP contribution in [0.5, 0.6) is 0 Å². The Hall–Kier alpha value is -0.670. The lowest BCUT2D eigenvalue weighted by Gasteiger charge is -2.18. The van der Waals surface area contributed by atoms with Crippen molar-refractivity contribution in [1.29, 1.82) is 0 Å². The van der Waals surface area contributed by atoms with Gasteiger partial charge in [-0.1, -0.05) is 32.0 Å². The van der Waals surface area contributed by atoms with Crippen molar-refractivity contribution in [2.24, 2.45) is 0 Å². The summed E-state index contributed by atoms with van der Waals surface area (Å²) >= 11 is 0. The van der Waals surface area contributed by atoms with Gasteiger partial charge in [0.05, 0.1) is 16.0 Å². The van der Waals surface area contributed by atoms with Crippen LogP contribution in [0.15, 0.2) is 29.2 Å². The third kappa shape index (κ3) is 1.74. The zero-order chi connectivity index (χ0) is 10.8. The minimum absolute atomic E-state index is 0.238. The highest BCUT2D eigenvalue weighted by molar-refractivity contribution is 7.86. The Morgan fingerprint density at radius 1 is 1.33 bits per heavy atom. The third-order valence-corrected chi connectivity index (χ3v) is 4.90. The molecule has 0 radical (unpaired) electrons. The predicted octanol–water partition coefficient (Wildman–Crippen LogP) is 2.24. The molecule has 0 amide bonds. The number of benzene rings is 1. The molecular weight excluding hydrogens is 206 g/mol. The summed E-state index contributed by atoms with van der Waals surface area (Å²) in [6.45, 7) is 5.13. The van der Waals surface area contributed by atoms with Crippen LogP contribution in [0.3, 0.4) is 0 Å². The molecule has 82 valence electrons. The first kappa shape index (κ1) is 10.8. The summed E-state index contributed by atoms with van der Waals surface area (Å²) in [5.41, 5.74) is 1.23. The summed E-state index contributed by atoms with van der Waals surface area (Å²) in [6.07, 6.45) is 0.957. The van der Waals surface area contributed by atoms with Crippen LogP contribution in [0, 0.1) is 0 Å². The zero-order valence-corrected chi connectivity index (χ0v) is 10.0. The maximum absolute atomic E-state index is 12.2. The van der Waals surface area contributed by atoms with Crippen LogP contribution in [0.4, 0.5) is 0 Å². The first-order chi connectivity index (χ1) is 7.29. The van der Waals surface area contributed by atoms with Crippen LogP contribution in [0.25, 0.3) is 0 Å². The van der Waals surface area contributed by atoms with Crippen LogP contribution in [-0.2, 0) is 10.8 Å². The van der Waals surface area contributed by atoms with E-state index in [0.717, 1.165) is 17.9 Å². The van der Waals surface area contributed by atoms with E-state index in [-0.39, 0.29) is 11.3 Å². The molecule has 1 aliphatic rings. The van der Waals surface area contributed by atoms with E-state index in [0.29, 0.717) is 0 Å². The van der Waals surface area contributed by atoms with Gasteiger partial charge >= 0.3 is 0 Å². The Morgan fingerprint density at radius 2 is 2.07 bits per heavy atom. The Labute approximate surface area is 93.5 Å². The molecule has 0 aliphatic carbocycles. The Morgan fingerprint density at radius 3 is 2.73 bits per heavy atom. The van der Waals surface area contributed by atoms with E-state index in [2.05, 4.69) is 25.2 Å². The summed E-state index contributed by atoms with van der Waals surface area (Å²) in [6, 6.07) is 8.36. The summed E-state index contributed by atoms with van der Waals surface area (Å²) in [5, 5.41) is 3.68. The van der Waals surface area contributed by atoms with Crippen molar-refractivity contribution < 1.29 is 4.21 Å². The van der Waals surface area contributed by atoms with Gasteiger partial charge in [0.2, 0.25) is 0 Å². The fraction of sp³-hybridized carbons (Fsp3) is 0.500. The fourth-order valence-corrected chi connectivity index (χ4v) is 4.01. The van der Waals surface area contributed by atoms with Crippen LogP contribution < -0.4 is 5.32 Å². The second-order valence-corrected chi connectivity index (χ2v) is 5.46. The van der Waals surface area contributed by atoms with Crippen molar-refractivity contribution in [1.82, 2.24) is 5.32 Å². The Balaban J connectivity index is 2.41. The lowest BCUT2D eigenvalue weighted by atomic mass is 10.0.